The lowest BCUT2D eigenvalue weighted by Crippen LogP contribution is -2.33. The van der Waals surface area contributed by atoms with Gasteiger partial charge in [0.1, 0.15) is 0 Å². The highest BCUT2D eigenvalue weighted by atomic mass is 32.2. The van der Waals surface area contributed by atoms with E-state index in [1.54, 1.807) is 11.8 Å². The first kappa shape index (κ1) is 46.3. The summed E-state index contributed by atoms with van der Waals surface area (Å²) in [5, 5.41) is 18.8. The second-order valence-electron chi connectivity index (χ2n) is 21.7. The first-order valence-corrected chi connectivity index (χ1v) is 28.6. The molecule has 1 unspecified atom stereocenters. The van der Waals surface area contributed by atoms with Crippen LogP contribution in [0, 0.1) is 24.5 Å². The third-order valence-corrected chi connectivity index (χ3v) is 19.0. The molecule has 7 heterocycles. The lowest BCUT2D eigenvalue weighted by molar-refractivity contribution is 0.713. The van der Waals surface area contributed by atoms with Crippen molar-refractivity contribution in [2.75, 3.05) is 0 Å². The second kappa shape index (κ2) is 17.0. The smallest absolute Gasteiger partial charge is 0.188 e. The van der Waals surface area contributed by atoms with Crippen LogP contribution >= 0.6 is 11.8 Å². The summed E-state index contributed by atoms with van der Waals surface area (Å²) in [7, 11) is 0. The van der Waals surface area contributed by atoms with E-state index >= 15 is 0 Å². The summed E-state index contributed by atoms with van der Waals surface area (Å²) in [6, 6.07) is 81.5. The molecule has 386 valence electrons. The molecule has 0 saturated carbocycles. The molecule has 2 aliphatic rings. The van der Waals surface area contributed by atoms with E-state index < -0.39 is 5.41 Å². The number of pyridine rings is 2. The Balaban J connectivity index is 1.02. The average molecular weight is 1090 g/mol. The fourth-order valence-electron chi connectivity index (χ4n) is 14.4. The van der Waals surface area contributed by atoms with Gasteiger partial charge in [-0.15, -0.1) is 0 Å². The first-order chi connectivity index (χ1) is 41.5. The van der Waals surface area contributed by atoms with Crippen molar-refractivity contribution in [3.63, 3.8) is 0 Å². The highest BCUT2D eigenvalue weighted by Gasteiger charge is 2.53. The summed E-state index contributed by atoms with van der Waals surface area (Å²) in [4.78, 5) is 21.2. The van der Waals surface area contributed by atoms with Gasteiger partial charge in [-0.05, 0) is 119 Å². The molecule has 10 heteroatoms. The van der Waals surface area contributed by atoms with Crippen LogP contribution in [0.1, 0.15) is 27.8 Å². The van der Waals surface area contributed by atoms with Crippen molar-refractivity contribution in [1.29, 1.82) is 5.26 Å². The number of hydrogen-bond acceptors (Lipinski definition) is 4. The van der Waals surface area contributed by atoms with Gasteiger partial charge in [0, 0.05) is 53.2 Å². The quantitative estimate of drug-likeness (QED) is 0.165. The Labute approximate surface area is 484 Å². The highest BCUT2D eigenvalue weighted by molar-refractivity contribution is 7.99. The second-order valence-corrected chi connectivity index (χ2v) is 22.8. The summed E-state index contributed by atoms with van der Waals surface area (Å²) in [6.07, 6.45) is 4.02. The Morgan fingerprint density at radius 3 is 1.17 bits per heavy atom. The van der Waals surface area contributed by atoms with Crippen molar-refractivity contribution < 1.29 is 0 Å². The largest absolute Gasteiger partial charge is 0.308 e. The molecule has 10 aromatic carbocycles. The lowest BCUT2D eigenvalue weighted by Gasteiger charge is -2.41. The van der Waals surface area contributed by atoms with Gasteiger partial charge in [-0.2, -0.15) is 5.26 Å². The summed E-state index contributed by atoms with van der Waals surface area (Å²) >= 11 is 1.79. The van der Waals surface area contributed by atoms with Gasteiger partial charge in [-0.25, -0.2) is 9.69 Å². The van der Waals surface area contributed by atoms with E-state index in [0.717, 1.165) is 153 Å². The maximum absolute atomic E-state index is 10.3. The summed E-state index contributed by atoms with van der Waals surface area (Å²) in [5.74, 6) is 0. The monoisotopic (exact) mass is 1090 g/mol. The van der Waals surface area contributed by atoms with Crippen molar-refractivity contribution in [2.24, 2.45) is 0 Å². The molecule has 18 rings (SSSR count). The van der Waals surface area contributed by atoms with Crippen LogP contribution in [0.2, 0.25) is 0 Å². The highest BCUT2D eigenvalue weighted by Crippen LogP contribution is 2.64. The molecule has 1 spiro atoms. The number of fused-ring (bicyclic) bond motifs is 21. The Morgan fingerprint density at radius 2 is 0.738 bits per heavy atom. The van der Waals surface area contributed by atoms with Crippen LogP contribution in [0.15, 0.2) is 247 Å². The molecule has 0 bridgehead atoms. The number of rotatable bonds is 4. The van der Waals surface area contributed by atoms with E-state index in [-0.39, 0.29) is 0 Å². The molecule has 1 atom stereocenters. The van der Waals surface area contributed by atoms with E-state index in [4.69, 9.17) is 23.1 Å². The predicted molar refractivity (Wildman–Crippen MR) is 338 cm³/mol. The van der Waals surface area contributed by atoms with E-state index in [1.165, 1.54) is 0 Å². The SMILES string of the molecule is [C-]#[N+]c1ccc2c(c1)c1ccccc1n2-c1cnc2c(c1)C1(c3cc(-n4c5ccccc5c5ccccc54)cnc3-2)c2cccc(-n3c4ccccc4c4cc(C#N)ccc43)c2Sc2c(-n3c4ccccc4c4cc([N+]#[C-])ccc43)cccc21. The minimum absolute atomic E-state index is 0.584. The number of benzene rings is 10. The van der Waals surface area contributed by atoms with Gasteiger partial charge in [-0.1, -0.05) is 139 Å². The van der Waals surface area contributed by atoms with Gasteiger partial charge in [0.15, 0.2) is 11.4 Å². The maximum atomic E-state index is 10.3. The molecule has 9 nitrogen and oxygen atoms in total. The van der Waals surface area contributed by atoms with Crippen molar-refractivity contribution >= 4 is 110 Å². The molecule has 84 heavy (non-hydrogen) atoms. The van der Waals surface area contributed by atoms with Gasteiger partial charge < -0.3 is 18.3 Å². The molecule has 0 fully saturated rings. The number of para-hydroxylation sites is 5. The van der Waals surface area contributed by atoms with Gasteiger partial charge >= 0.3 is 0 Å². The normalized spacial score (nSPS) is 14.2. The van der Waals surface area contributed by atoms with Crippen molar-refractivity contribution in [3.8, 4) is 40.2 Å². The molecule has 16 aromatic rings. The van der Waals surface area contributed by atoms with Crippen LogP contribution in [-0.2, 0) is 5.41 Å². The van der Waals surface area contributed by atoms with Crippen molar-refractivity contribution in [2.45, 2.75) is 15.2 Å². The molecule has 6 aromatic heterocycles. The van der Waals surface area contributed by atoms with Crippen LogP contribution in [0.4, 0.5) is 11.4 Å². The van der Waals surface area contributed by atoms with E-state index in [0.29, 0.717) is 16.9 Å². The molecular weight excluding hydrogens is 1050 g/mol. The predicted octanol–water partition coefficient (Wildman–Crippen LogP) is 18.7. The Bertz CT molecular complexity index is 5560. The summed E-state index contributed by atoms with van der Waals surface area (Å²) in [6.45, 7) is 16.1. The third kappa shape index (κ3) is 5.99. The van der Waals surface area contributed by atoms with Gasteiger partial charge in [0.25, 0.3) is 0 Å². The fraction of sp³-hybridized carbons (Fsp3) is 0.0135. The minimum Gasteiger partial charge on any atom is -0.308 e. The first-order valence-electron chi connectivity index (χ1n) is 27.7. The van der Waals surface area contributed by atoms with Gasteiger partial charge in [-0.3, -0.25) is 9.97 Å². The zero-order chi connectivity index (χ0) is 55.5. The zero-order valence-electron chi connectivity index (χ0n) is 44.4. The Kier molecular flexibility index (Phi) is 9.38. The van der Waals surface area contributed by atoms with Crippen LogP contribution in [0.3, 0.4) is 0 Å². The van der Waals surface area contributed by atoms with Crippen molar-refractivity contribution in [1.82, 2.24) is 28.2 Å². The topological polar surface area (TPSA) is 78.0 Å². The molecule has 0 radical (unpaired) electrons. The standard InChI is InChI=1S/C74H39N9S/c1-76-44-30-33-65-54(36-44)51-18-5-10-24-62(51)81(65)47-39-59-71(79-42-47)70-58(38-46(41-78-70)80-60-22-8-3-15-48(60)49-16-4-9-23-61(49)80)74(59)56-20-13-27-68(82-63-25-11-6-17-50(63)53-35-43(40-75)29-32-66(53)82)72(56)84-73-57(74)21-14-28-69(73)83-64-26-12-7-19-52(64)55-37-45(77-2)31-34-67(55)83/h3-39,41-42H. The molecule has 0 saturated heterocycles. The molecule has 0 N–H and O–H groups in total. The van der Waals surface area contributed by atoms with Crippen LogP contribution < -0.4 is 0 Å². The molecule has 1 aliphatic heterocycles. The van der Waals surface area contributed by atoms with E-state index in [1.807, 2.05) is 48.8 Å². The van der Waals surface area contributed by atoms with E-state index in [2.05, 4.69) is 222 Å². The summed E-state index contributed by atoms with van der Waals surface area (Å²) in [5.41, 5.74) is 18.5. The minimum atomic E-state index is -1.06. The van der Waals surface area contributed by atoms with Gasteiger partial charge in [0.05, 0.1) is 121 Å². The van der Waals surface area contributed by atoms with Crippen LogP contribution in [-0.4, -0.2) is 28.2 Å². The van der Waals surface area contributed by atoms with Crippen LogP contribution in [0.5, 0.6) is 0 Å². The maximum Gasteiger partial charge on any atom is 0.188 e. The van der Waals surface area contributed by atoms with Crippen LogP contribution in [0.25, 0.3) is 131 Å². The zero-order valence-corrected chi connectivity index (χ0v) is 45.3. The summed E-state index contributed by atoms with van der Waals surface area (Å²) < 4.78 is 9.44. The number of hydrogen-bond donors (Lipinski definition) is 0. The van der Waals surface area contributed by atoms with Crippen molar-refractivity contribution in [3.05, 3.63) is 288 Å². The number of nitriles is 1. The third-order valence-electron chi connectivity index (χ3n) is 17.7. The molecule has 1 aliphatic carbocycles. The Hall–Kier alpha value is -11.5. The number of aromatic nitrogens is 6. The lowest BCUT2D eigenvalue weighted by atomic mass is 9.67. The fourth-order valence-corrected chi connectivity index (χ4v) is 15.8. The molecule has 0 amide bonds. The van der Waals surface area contributed by atoms with Gasteiger partial charge in [0.2, 0.25) is 0 Å². The average Bonchev–Trinajstić information content (AvgIpc) is 1.46. The number of nitrogens with zero attached hydrogens (tertiary/aromatic N) is 9. The Morgan fingerprint density at radius 1 is 0.369 bits per heavy atom. The molecular formula is C74H39N9S. The van der Waals surface area contributed by atoms with E-state index in [9.17, 15) is 5.26 Å².